The molecule has 0 fully saturated rings. The molecule has 0 aliphatic carbocycles. The topological polar surface area (TPSA) is 94.6 Å². The van der Waals surface area contributed by atoms with Crippen LogP contribution in [0, 0.1) is 13.8 Å². The van der Waals surface area contributed by atoms with E-state index in [1.54, 1.807) is 13.0 Å². The van der Waals surface area contributed by atoms with Crippen molar-refractivity contribution in [2.75, 3.05) is 19.0 Å². The molecule has 3 rings (SSSR count). The summed E-state index contributed by atoms with van der Waals surface area (Å²) in [5, 5.41) is 3.64. The standard InChI is InChI=1S/C20H18N2O5S2/c1-11-12(2)28-19(18(11)20(25)26-3)22-15(23)10-27-17(24)9-8-16-21-13-6-4-5-7-14(13)29-16/h4-9H,10H2,1-3H3,(H,22,23)/b9-8+. The number of anilines is 1. The number of rotatable bonds is 6. The Morgan fingerprint density at radius 3 is 2.66 bits per heavy atom. The highest BCUT2D eigenvalue weighted by atomic mass is 32.1. The summed E-state index contributed by atoms with van der Waals surface area (Å²) in [6, 6.07) is 7.65. The number of thiazole rings is 1. The number of hydrogen-bond donors (Lipinski definition) is 1. The molecule has 2 heterocycles. The lowest BCUT2D eigenvalue weighted by molar-refractivity contribution is -0.142. The molecule has 0 saturated carbocycles. The third-order valence-electron chi connectivity index (χ3n) is 4.05. The molecule has 0 spiro atoms. The molecule has 0 saturated heterocycles. The van der Waals surface area contributed by atoms with E-state index < -0.39 is 24.5 Å². The molecule has 0 atom stereocenters. The Kier molecular flexibility index (Phi) is 6.40. The molecule has 7 nitrogen and oxygen atoms in total. The second kappa shape index (κ2) is 8.97. The third kappa shape index (κ3) is 4.87. The van der Waals surface area contributed by atoms with Crippen molar-refractivity contribution in [2.45, 2.75) is 13.8 Å². The molecule has 9 heteroatoms. The van der Waals surface area contributed by atoms with Gasteiger partial charge in [-0.25, -0.2) is 14.6 Å². The number of para-hydroxylation sites is 1. The minimum Gasteiger partial charge on any atom is -0.465 e. The van der Waals surface area contributed by atoms with Gasteiger partial charge in [0.05, 0.1) is 22.9 Å². The van der Waals surface area contributed by atoms with Gasteiger partial charge in [-0.05, 0) is 37.6 Å². The summed E-state index contributed by atoms with van der Waals surface area (Å²) < 4.78 is 10.7. The first-order valence-corrected chi connectivity index (χ1v) is 10.2. The predicted octanol–water partition coefficient (Wildman–Crippen LogP) is 3.96. The quantitative estimate of drug-likeness (QED) is 0.470. The summed E-state index contributed by atoms with van der Waals surface area (Å²) in [5.74, 6) is -1.73. The number of amides is 1. The smallest absolute Gasteiger partial charge is 0.341 e. The van der Waals surface area contributed by atoms with Crippen molar-refractivity contribution in [3.05, 3.63) is 51.4 Å². The average molecular weight is 431 g/mol. The van der Waals surface area contributed by atoms with Gasteiger partial charge >= 0.3 is 11.9 Å². The molecule has 0 aliphatic heterocycles. The summed E-state index contributed by atoms with van der Waals surface area (Å²) in [6.07, 6.45) is 2.77. The average Bonchev–Trinajstić information content (AvgIpc) is 3.24. The maximum absolute atomic E-state index is 12.1. The van der Waals surface area contributed by atoms with Crippen LogP contribution in [0.2, 0.25) is 0 Å². The molecular formula is C20H18N2O5S2. The van der Waals surface area contributed by atoms with Crippen molar-refractivity contribution in [2.24, 2.45) is 0 Å². The highest BCUT2D eigenvalue weighted by molar-refractivity contribution is 7.19. The van der Waals surface area contributed by atoms with Crippen LogP contribution >= 0.6 is 22.7 Å². The Bertz CT molecular complexity index is 1080. The van der Waals surface area contributed by atoms with Gasteiger partial charge in [0.25, 0.3) is 5.91 Å². The van der Waals surface area contributed by atoms with Crippen LogP contribution in [0.3, 0.4) is 0 Å². The number of fused-ring (bicyclic) bond motifs is 1. The fraction of sp³-hybridized carbons (Fsp3) is 0.200. The normalized spacial score (nSPS) is 11.0. The van der Waals surface area contributed by atoms with E-state index in [0.717, 1.165) is 20.7 Å². The molecule has 150 valence electrons. The molecule has 29 heavy (non-hydrogen) atoms. The number of carbonyl (C=O) groups is 3. The lowest BCUT2D eigenvalue weighted by Crippen LogP contribution is -2.21. The van der Waals surface area contributed by atoms with Gasteiger partial charge in [0.2, 0.25) is 0 Å². The SMILES string of the molecule is COC(=O)c1c(NC(=O)COC(=O)/C=C/c2nc3ccccc3s2)sc(C)c1C. The van der Waals surface area contributed by atoms with Gasteiger partial charge in [-0.2, -0.15) is 0 Å². The Morgan fingerprint density at radius 2 is 1.93 bits per heavy atom. The fourth-order valence-electron chi connectivity index (χ4n) is 2.51. The van der Waals surface area contributed by atoms with Crippen molar-refractivity contribution in [1.29, 1.82) is 0 Å². The maximum atomic E-state index is 12.1. The van der Waals surface area contributed by atoms with Crippen LogP contribution in [0.15, 0.2) is 30.3 Å². The molecule has 3 aromatic rings. The van der Waals surface area contributed by atoms with Gasteiger partial charge in [0, 0.05) is 11.0 Å². The minimum atomic E-state index is -0.661. The number of methoxy groups -OCH3 is 1. The number of aryl methyl sites for hydroxylation is 1. The van der Waals surface area contributed by atoms with E-state index in [1.807, 2.05) is 31.2 Å². The van der Waals surface area contributed by atoms with Gasteiger partial charge in [-0.3, -0.25) is 4.79 Å². The summed E-state index contributed by atoms with van der Waals surface area (Å²) in [5.41, 5.74) is 1.91. The first-order chi connectivity index (χ1) is 13.9. The molecule has 0 unspecified atom stereocenters. The largest absolute Gasteiger partial charge is 0.465 e. The molecular weight excluding hydrogens is 412 g/mol. The zero-order valence-electron chi connectivity index (χ0n) is 16.0. The van der Waals surface area contributed by atoms with E-state index in [9.17, 15) is 14.4 Å². The number of thiophene rings is 1. The van der Waals surface area contributed by atoms with Gasteiger partial charge in [0.15, 0.2) is 6.61 Å². The summed E-state index contributed by atoms with van der Waals surface area (Å²) in [7, 11) is 1.28. The van der Waals surface area contributed by atoms with Crippen LogP contribution in [0.25, 0.3) is 16.3 Å². The van der Waals surface area contributed by atoms with Crippen molar-refractivity contribution in [3.63, 3.8) is 0 Å². The first-order valence-electron chi connectivity index (χ1n) is 8.57. The molecule has 0 aliphatic rings. The predicted molar refractivity (Wildman–Crippen MR) is 113 cm³/mol. The number of benzene rings is 1. The van der Waals surface area contributed by atoms with Crippen LogP contribution in [-0.4, -0.2) is 36.5 Å². The number of aromatic nitrogens is 1. The number of carbonyl (C=O) groups excluding carboxylic acids is 3. The first kappa shape index (κ1) is 20.7. The van der Waals surface area contributed by atoms with Gasteiger partial charge in [0.1, 0.15) is 10.0 Å². The monoisotopic (exact) mass is 430 g/mol. The van der Waals surface area contributed by atoms with Crippen molar-refractivity contribution in [3.8, 4) is 0 Å². The lowest BCUT2D eigenvalue weighted by Gasteiger charge is -2.06. The molecule has 0 bridgehead atoms. The van der Waals surface area contributed by atoms with Crippen LogP contribution in [0.1, 0.15) is 25.8 Å². The third-order valence-corrected chi connectivity index (χ3v) is 6.17. The summed E-state index contributed by atoms with van der Waals surface area (Å²) >= 11 is 2.71. The minimum absolute atomic E-state index is 0.311. The Labute approximate surface area is 175 Å². The molecule has 1 aromatic carbocycles. The van der Waals surface area contributed by atoms with Crippen LogP contribution in [0.4, 0.5) is 5.00 Å². The number of hydrogen-bond acceptors (Lipinski definition) is 8. The molecule has 0 radical (unpaired) electrons. The lowest BCUT2D eigenvalue weighted by atomic mass is 10.1. The number of ether oxygens (including phenoxy) is 2. The van der Waals surface area contributed by atoms with Gasteiger partial charge in [-0.1, -0.05) is 12.1 Å². The van der Waals surface area contributed by atoms with Crippen LogP contribution in [0.5, 0.6) is 0 Å². The van der Waals surface area contributed by atoms with E-state index in [-0.39, 0.29) is 0 Å². The van der Waals surface area contributed by atoms with Gasteiger partial charge < -0.3 is 14.8 Å². The second-order valence-corrected chi connectivity index (χ2v) is 8.27. The second-order valence-electron chi connectivity index (χ2n) is 5.99. The fourth-order valence-corrected chi connectivity index (χ4v) is 4.45. The number of esters is 2. The number of nitrogens with one attached hydrogen (secondary N) is 1. The zero-order chi connectivity index (χ0) is 21.0. The highest BCUT2D eigenvalue weighted by Gasteiger charge is 2.21. The molecule has 2 aromatic heterocycles. The molecule has 1 N–H and O–H groups in total. The van der Waals surface area contributed by atoms with E-state index in [1.165, 1.54) is 35.9 Å². The van der Waals surface area contributed by atoms with E-state index in [2.05, 4.69) is 10.3 Å². The Morgan fingerprint density at radius 1 is 1.17 bits per heavy atom. The molecule has 1 amide bonds. The van der Waals surface area contributed by atoms with Crippen LogP contribution in [-0.2, 0) is 19.1 Å². The Balaban J connectivity index is 1.57. The van der Waals surface area contributed by atoms with Crippen molar-refractivity contribution in [1.82, 2.24) is 4.98 Å². The van der Waals surface area contributed by atoms with Crippen LogP contribution < -0.4 is 5.32 Å². The van der Waals surface area contributed by atoms with E-state index in [4.69, 9.17) is 9.47 Å². The number of nitrogens with zero attached hydrogens (tertiary/aromatic N) is 1. The van der Waals surface area contributed by atoms with E-state index in [0.29, 0.717) is 15.6 Å². The summed E-state index contributed by atoms with van der Waals surface area (Å²) in [4.78, 5) is 41.2. The highest BCUT2D eigenvalue weighted by Crippen LogP contribution is 2.32. The Hall–Kier alpha value is -3.04. The van der Waals surface area contributed by atoms with Crippen molar-refractivity contribution < 1.29 is 23.9 Å². The maximum Gasteiger partial charge on any atom is 0.341 e. The van der Waals surface area contributed by atoms with Gasteiger partial charge in [-0.15, -0.1) is 22.7 Å². The zero-order valence-corrected chi connectivity index (χ0v) is 17.6. The van der Waals surface area contributed by atoms with E-state index >= 15 is 0 Å². The van der Waals surface area contributed by atoms with Crippen molar-refractivity contribution >= 4 is 61.8 Å². The summed E-state index contributed by atoms with van der Waals surface area (Å²) in [6.45, 7) is 3.15.